The summed E-state index contributed by atoms with van der Waals surface area (Å²) in [7, 11) is 1.34. The Labute approximate surface area is 148 Å². The first kappa shape index (κ1) is 16.0. The maximum atomic E-state index is 13.2. The maximum Gasteiger partial charge on any atom is 0.333 e. The van der Waals surface area contributed by atoms with Crippen molar-refractivity contribution in [3.8, 4) is 0 Å². The van der Waals surface area contributed by atoms with E-state index in [9.17, 15) is 9.59 Å². The van der Waals surface area contributed by atoms with Gasteiger partial charge in [0.25, 0.3) is 5.56 Å². The van der Waals surface area contributed by atoms with E-state index in [1.54, 1.807) is 11.3 Å². The lowest BCUT2D eigenvalue weighted by Gasteiger charge is -2.18. The zero-order valence-corrected chi connectivity index (χ0v) is 14.7. The summed E-state index contributed by atoms with van der Waals surface area (Å²) in [6.07, 6.45) is 5.63. The summed E-state index contributed by atoms with van der Waals surface area (Å²) in [5, 5.41) is 0.673. The molecule has 2 aromatic heterocycles. The number of methoxy groups -OCH3 is 1. The fourth-order valence-corrected chi connectivity index (χ4v) is 4.72. The number of fused-ring (bicyclic) bond motifs is 3. The number of carbonyl (C=O) groups is 1. The average molecular weight is 354 g/mol. The van der Waals surface area contributed by atoms with Gasteiger partial charge in [-0.05, 0) is 36.8 Å². The molecule has 1 atom stereocenters. The quantitative estimate of drug-likeness (QED) is 0.678. The maximum absolute atomic E-state index is 13.2. The molecule has 0 radical (unpaired) electrons. The predicted octanol–water partition coefficient (Wildman–Crippen LogP) is 3.10. The summed E-state index contributed by atoms with van der Waals surface area (Å²) in [5.41, 5.74) is 1.67. The number of hydrogen-bond acceptors (Lipinski definition) is 5. The van der Waals surface area contributed by atoms with Crippen LogP contribution in [0.3, 0.4) is 0 Å². The summed E-state index contributed by atoms with van der Waals surface area (Å²) in [6, 6.07) is 8.37. The molecule has 0 bridgehead atoms. The first-order valence-electron chi connectivity index (χ1n) is 8.35. The Balaban J connectivity index is 1.94. The van der Waals surface area contributed by atoms with E-state index in [-0.39, 0.29) is 5.56 Å². The van der Waals surface area contributed by atoms with Crippen molar-refractivity contribution in [1.82, 2.24) is 9.55 Å². The second-order valence-corrected chi connectivity index (χ2v) is 7.27. The Morgan fingerprint density at radius 1 is 1.24 bits per heavy atom. The van der Waals surface area contributed by atoms with Gasteiger partial charge in [0.15, 0.2) is 6.04 Å². The van der Waals surface area contributed by atoms with Crippen LogP contribution in [0.1, 0.15) is 34.9 Å². The molecule has 0 N–H and O–H groups in total. The first-order valence-corrected chi connectivity index (χ1v) is 9.16. The summed E-state index contributed by atoms with van der Waals surface area (Å²) in [4.78, 5) is 32.2. The molecular weight excluding hydrogens is 336 g/mol. The van der Waals surface area contributed by atoms with Gasteiger partial charge in [0.05, 0.1) is 12.5 Å². The van der Waals surface area contributed by atoms with E-state index in [0.717, 1.165) is 36.1 Å². The monoisotopic (exact) mass is 354 g/mol. The van der Waals surface area contributed by atoms with Gasteiger partial charge in [0.2, 0.25) is 0 Å². The molecule has 2 heterocycles. The smallest absolute Gasteiger partial charge is 0.333 e. The lowest BCUT2D eigenvalue weighted by atomic mass is 9.97. The van der Waals surface area contributed by atoms with E-state index in [2.05, 4.69) is 4.98 Å². The summed E-state index contributed by atoms with van der Waals surface area (Å²) in [5.74, 6) is -0.474. The first-order chi connectivity index (χ1) is 12.2. The topological polar surface area (TPSA) is 61.2 Å². The molecule has 1 aliphatic rings. The number of nitrogens with zero attached hydrogens (tertiary/aromatic N) is 2. The van der Waals surface area contributed by atoms with Crippen LogP contribution in [0, 0.1) is 0 Å². The molecule has 1 unspecified atom stereocenters. The normalized spacial score (nSPS) is 14.9. The average Bonchev–Trinajstić information content (AvgIpc) is 3.04. The third kappa shape index (κ3) is 2.66. The Morgan fingerprint density at radius 3 is 2.76 bits per heavy atom. The number of rotatable bonds is 3. The molecule has 1 aliphatic carbocycles. The van der Waals surface area contributed by atoms with Crippen molar-refractivity contribution in [3.63, 3.8) is 0 Å². The number of benzene rings is 1. The number of ether oxygens (including phenoxy) is 1. The number of thiophene rings is 1. The minimum Gasteiger partial charge on any atom is -0.467 e. The standard InChI is InChI=1S/C19H18N2O3S/c1-24-19(23)16(12-7-3-2-4-8-12)21-11-20-17-15(18(21)22)13-9-5-6-10-14(13)25-17/h2-4,7-8,11,16H,5-6,9-10H2,1H3. The van der Waals surface area contributed by atoms with Crippen LogP contribution >= 0.6 is 11.3 Å². The Kier molecular flexibility index (Phi) is 4.13. The fraction of sp³-hybridized carbons (Fsp3) is 0.316. The van der Waals surface area contributed by atoms with Crippen molar-refractivity contribution in [2.45, 2.75) is 31.7 Å². The minimum atomic E-state index is -0.824. The van der Waals surface area contributed by atoms with Crippen molar-refractivity contribution >= 4 is 27.5 Å². The second-order valence-electron chi connectivity index (χ2n) is 6.18. The van der Waals surface area contributed by atoms with Crippen molar-refractivity contribution in [3.05, 3.63) is 63.0 Å². The van der Waals surface area contributed by atoms with Crippen molar-refractivity contribution in [2.75, 3.05) is 7.11 Å². The molecule has 3 aromatic rings. The van der Waals surface area contributed by atoms with E-state index >= 15 is 0 Å². The lowest BCUT2D eigenvalue weighted by molar-refractivity contribution is -0.143. The number of hydrogen-bond donors (Lipinski definition) is 0. The Hall–Kier alpha value is -2.47. The van der Waals surface area contributed by atoms with Gasteiger partial charge in [-0.15, -0.1) is 11.3 Å². The minimum absolute atomic E-state index is 0.163. The van der Waals surface area contributed by atoms with Gasteiger partial charge in [-0.25, -0.2) is 9.78 Å². The third-order valence-electron chi connectivity index (χ3n) is 4.72. The number of esters is 1. The van der Waals surface area contributed by atoms with Gasteiger partial charge in [-0.2, -0.15) is 0 Å². The highest BCUT2D eigenvalue weighted by molar-refractivity contribution is 7.18. The van der Waals surface area contributed by atoms with Crippen LogP contribution in [-0.4, -0.2) is 22.6 Å². The third-order valence-corrected chi connectivity index (χ3v) is 5.92. The summed E-state index contributed by atoms with van der Waals surface area (Å²) >= 11 is 1.60. The molecule has 25 heavy (non-hydrogen) atoms. The van der Waals surface area contributed by atoms with E-state index in [1.807, 2.05) is 30.3 Å². The molecule has 128 valence electrons. The lowest BCUT2D eigenvalue weighted by Crippen LogP contribution is -2.31. The largest absolute Gasteiger partial charge is 0.467 e. The molecule has 0 saturated carbocycles. The zero-order chi connectivity index (χ0) is 17.4. The molecule has 0 saturated heterocycles. The van der Waals surface area contributed by atoms with Crippen LogP contribution in [-0.2, 0) is 22.4 Å². The zero-order valence-electron chi connectivity index (χ0n) is 13.9. The second kappa shape index (κ2) is 6.44. The highest BCUT2D eigenvalue weighted by Crippen LogP contribution is 2.33. The van der Waals surface area contributed by atoms with Gasteiger partial charge >= 0.3 is 5.97 Å². The van der Waals surface area contributed by atoms with Crippen LogP contribution in [0.4, 0.5) is 0 Å². The molecule has 0 aliphatic heterocycles. The molecule has 4 rings (SSSR count). The molecular formula is C19H18N2O3S. The molecule has 0 fully saturated rings. The van der Waals surface area contributed by atoms with Crippen molar-refractivity contribution in [1.29, 1.82) is 0 Å². The molecule has 1 aromatic carbocycles. The Bertz CT molecular complexity index is 991. The SMILES string of the molecule is COC(=O)C(c1ccccc1)n1cnc2sc3c(c2c1=O)CCCC3. The van der Waals surface area contributed by atoms with Gasteiger partial charge in [-0.1, -0.05) is 30.3 Å². The number of aromatic nitrogens is 2. The highest BCUT2D eigenvalue weighted by Gasteiger charge is 2.27. The molecule has 0 amide bonds. The highest BCUT2D eigenvalue weighted by atomic mass is 32.1. The predicted molar refractivity (Wildman–Crippen MR) is 97.1 cm³/mol. The van der Waals surface area contributed by atoms with Crippen LogP contribution in [0.2, 0.25) is 0 Å². The van der Waals surface area contributed by atoms with Crippen molar-refractivity contribution < 1.29 is 9.53 Å². The fourth-order valence-electron chi connectivity index (χ4n) is 3.50. The van der Waals surface area contributed by atoms with Gasteiger partial charge in [0, 0.05) is 4.88 Å². The van der Waals surface area contributed by atoms with Crippen LogP contribution in [0.15, 0.2) is 41.5 Å². The summed E-state index contributed by atoms with van der Waals surface area (Å²) in [6.45, 7) is 0. The van der Waals surface area contributed by atoms with Crippen LogP contribution in [0.5, 0.6) is 0 Å². The van der Waals surface area contributed by atoms with Gasteiger partial charge in [-0.3, -0.25) is 9.36 Å². The number of aryl methyl sites for hydroxylation is 2. The van der Waals surface area contributed by atoms with Gasteiger partial charge < -0.3 is 4.74 Å². The van der Waals surface area contributed by atoms with E-state index in [0.29, 0.717) is 10.9 Å². The van der Waals surface area contributed by atoms with Crippen molar-refractivity contribution in [2.24, 2.45) is 0 Å². The number of carbonyl (C=O) groups excluding carboxylic acids is 1. The van der Waals surface area contributed by atoms with Crippen LogP contribution in [0.25, 0.3) is 10.2 Å². The Morgan fingerprint density at radius 2 is 2.00 bits per heavy atom. The van der Waals surface area contributed by atoms with Gasteiger partial charge in [0.1, 0.15) is 11.2 Å². The van der Waals surface area contributed by atoms with E-state index in [4.69, 9.17) is 4.74 Å². The molecule has 5 nitrogen and oxygen atoms in total. The summed E-state index contributed by atoms with van der Waals surface area (Å²) < 4.78 is 6.37. The van der Waals surface area contributed by atoms with E-state index in [1.165, 1.54) is 22.9 Å². The molecule has 6 heteroatoms. The van der Waals surface area contributed by atoms with E-state index < -0.39 is 12.0 Å². The van der Waals surface area contributed by atoms with Crippen LogP contribution < -0.4 is 5.56 Å². The molecule has 0 spiro atoms.